The predicted molar refractivity (Wildman–Crippen MR) is 124 cm³/mol. The number of hydrogen-bond acceptors (Lipinski definition) is 3. The highest BCUT2D eigenvalue weighted by molar-refractivity contribution is 6.30. The Bertz CT molecular complexity index is 1170. The van der Waals surface area contributed by atoms with Crippen molar-refractivity contribution in [1.82, 2.24) is 10.3 Å². The second-order valence-electron chi connectivity index (χ2n) is 8.38. The van der Waals surface area contributed by atoms with E-state index in [1.165, 1.54) is 22.9 Å². The van der Waals surface area contributed by atoms with E-state index in [9.17, 15) is 9.18 Å². The van der Waals surface area contributed by atoms with Crippen LogP contribution in [0.3, 0.4) is 0 Å². The summed E-state index contributed by atoms with van der Waals surface area (Å²) in [5.74, 6) is -0.198. The Kier molecular flexibility index (Phi) is 6.47. The minimum atomic E-state index is -0.385. The smallest absolute Gasteiger partial charge is 0.255 e. The van der Waals surface area contributed by atoms with E-state index < -0.39 is 0 Å². The fraction of sp³-hybridized carbons (Fsp3) is 0.308. The minimum absolute atomic E-state index is 0.0854. The Morgan fingerprint density at radius 2 is 1.97 bits per heavy atom. The predicted octanol–water partition coefficient (Wildman–Crippen LogP) is 6.44. The highest BCUT2D eigenvalue weighted by Crippen LogP contribution is 2.43. The number of hydrogen-bond donors (Lipinski definition) is 1. The first-order valence-electron chi connectivity index (χ1n) is 10.8. The topological polar surface area (TPSA) is 51.2 Å². The van der Waals surface area contributed by atoms with E-state index in [1.807, 2.05) is 0 Å². The molecule has 1 aromatic heterocycles. The van der Waals surface area contributed by atoms with E-state index in [4.69, 9.17) is 16.3 Å². The van der Waals surface area contributed by atoms with Crippen molar-refractivity contribution in [1.29, 1.82) is 0 Å². The number of carbonyl (C=O) groups is 1. The lowest BCUT2D eigenvalue weighted by Crippen LogP contribution is -2.27. The van der Waals surface area contributed by atoms with Crippen LogP contribution in [0.4, 0.5) is 4.39 Å². The van der Waals surface area contributed by atoms with Crippen LogP contribution in [0.15, 0.2) is 42.6 Å². The average molecular weight is 453 g/mol. The van der Waals surface area contributed by atoms with Crippen molar-refractivity contribution in [3.8, 4) is 11.5 Å². The summed E-state index contributed by atoms with van der Waals surface area (Å²) in [5.41, 5.74) is 4.99. The lowest BCUT2D eigenvalue weighted by atomic mass is 10.0. The zero-order valence-corrected chi connectivity index (χ0v) is 19.2. The molecule has 0 atom stereocenters. The van der Waals surface area contributed by atoms with Crippen LogP contribution >= 0.6 is 11.6 Å². The number of halogens is 2. The molecule has 2 aromatic carbocycles. The van der Waals surface area contributed by atoms with Crippen molar-refractivity contribution in [3.05, 3.63) is 86.9 Å². The van der Waals surface area contributed by atoms with Gasteiger partial charge < -0.3 is 10.1 Å². The molecule has 1 aliphatic rings. The van der Waals surface area contributed by atoms with Gasteiger partial charge in [0.05, 0.1) is 11.8 Å². The van der Waals surface area contributed by atoms with Gasteiger partial charge in [0.15, 0.2) is 17.3 Å². The van der Waals surface area contributed by atoms with Crippen LogP contribution in [0.2, 0.25) is 5.15 Å². The van der Waals surface area contributed by atoms with Gasteiger partial charge in [-0.3, -0.25) is 4.79 Å². The van der Waals surface area contributed by atoms with Crippen molar-refractivity contribution in [2.24, 2.45) is 0 Å². The van der Waals surface area contributed by atoms with E-state index in [2.05, 4.69) is 42.3 Å². The number of benzene rings is 2. The van der Waals surface area contributed by atoms with E-state index in [0.29, 0.717) is 24.1 Å². The number of carbonyl (C=O) groups excluding carboxylic acids is 1. The highest BCUT2D eigenvalue weighted by Gasteiger charge is 2.28. The molecule has 6 heteroatoms. The largest absolute Gasteiger partial charge is 0.452 e. The molecule has 1 N–H and O–H groups in total. The van der Waals surface area contributed by atoms with Gasteiger partial charge in [0.2, 0.25) is 0 Å². The Balaban J connectivity index is 1.54. The van der Waals surface area contributed by atoms with E-state index >= 15 is 0 Å². The van der Waals surface area contributed by atoms with Gasteiger partial charge in [-0.25, -0.2) is 9.37 Å². The van der Waals surface area contributed by atoms with E-state index in [-0.39, 0.29) is 39.9 Å². The number of nitrogens with one attached hydrogen (secondary N) is 1. The molecule has 4 nitrogen and oxygen atoms in total. The molecular weight excluding hydrogens is 427 g/mol. The Hall–Kier alpha value is -2.92. The van der Waals surface area contributed by atoms with Gasteiger partial charge >= 0.3 is 0 Å². The Morgan fingerprint density at radius 3 is 2.69 bits per heavy atom. The number of aryl methyl sites for hydroxylation is 2. The fourth-order valence-electron chi connectivity index (χ4n) is 3.88. The van der Waals surface area contributed by atoms with Gasteiger partial charge in [-0.05, 0) is 68.7 Å². The molecule has 1 aliphatic carbocycles. The van der Waals surface area contributed by atoms with Gasteiger partial charge in [-0.2, -0.15) is 0 Å². The van der Waals surface area contributed by atoms with E-state index in [0.717, 1.165) is 12.8 Å². The number of ether oxygens (including phenoxy) is 1. The molecule has 4 rings (SSSR count). The fourth-order valence-corrected chi connectivity index (χ4v) is 4.03. The summed E-state index contributed by atoms with van der Waals surface area (Å²) < 4.78 is 20.8. The summed E-state index contributed by atoms with van der Waals surface area (Å²) in [7, 11) is 0. The number of nitrogens with zero attached hydrogens (tertiary/aromatic N) is 1. The minimum Gasteiger partial charge on any atom is -0.452 e. The molecule has 0 spiro atoms. The third-order valence-corrected chi connectivity index (χ3v) is 6.24. The third kappa shape index (κ3) is 4.78. The zero-order chi connectivity index (χ0) is 22.8. The van der Waals surface area contributed by atoms with Crippen LogP contribution in [-0.2, 0) is 6.42 Å². The normalized spacial score (nSPS) is 13.2. The number of rotatable bonds is 7. The molecule has 1 amide bonds. The molecule has 0 unspecified atom stereocenters. The quantitative estimate of drug-likeness (QED) is 0.419. The van der Waals surface area contributed by atoms with Crippen molar-refractivity contribution in [2.75, 3.05) is 6.54 Å². The summed E-state index contributed by atoms with van der Waals surface area (Å²) in [6, 6.07) is 11.4. The first-order chi connectivity index (χ1) is 15.3. The Labute approximate surface area is 192 Å². The maximum Gasteiger partial charge on any atom is 0.255 e. The van der Waals surface area contributed by atoms with Gasteiger partial charge in [-0.15, -0.1) is 0 Å². The average Bonchev–Trinajstić information content (AvgIpc) is 3.59. The van der Waals surface area contributed by atoms with Crippen LogP contribution < -0.4 is 10.1 Å². The Morgan fingerprint density at radius 1 is 1.19 bits per heavy atom. The molecular formula is C26H26ClFN2O2. The van der Waals surface area contributed by atoms with Crippen molar-refractivity contribution in [3.63, 3.8) is 0 Å². The number of aromatic nitrogens is 1. The highest BCUT2D eigenvalue weighted by atomic mass is 35.5. The second kappa shape index (κ2) is 9.29. The van der Waals surface area contributed by atoms with Crippen LogP contribution in [0.1, 0.15) is 56.9 Å². The maximum atomic E-state index is 14.9. The molecule has 1 heterocycles. The maximum absolute atomic E-state index is 14.9. The SMILES string of the molecule is Cc1ccc(CCNC(=O)c2c(Oc3cccc(C4CC4)c3F)cnc(Cl)c2C)c(C)c1. The first kappa shape index (κ1) is 22.3. The molecule has 3 aromatic rings. The van der Waals surface area contributed by atoms with Crippen molar-refractivity contribution < 1.29 is 13.9 Å². The third-order valence-electron chi connectivity index (χ3n) is 5.86. The molecule has 166 valence electrons. The molecule has 1 saturated carbocycles. The molecule has 32 heavy (non-hydrogen) atoms. The monoisotopic (exact) mass is 452 g/mol. The van der Waals surface area contributed by atoms with Gasteiger partial charge in [0.1, 0.15) is 5.15 Å². The van der Waals surface area contributed by atoms with Gasteiger partial charge in [-0.1, -0.05) is 47.5 Å². The standard InChI is InChI=1S/C26H26ClFN2O2/c1-15-7-8-18(16(2)13-15)11-12-29-26(31)23-17(3)25(27)30-14-22(23)32-21-6-4-5-20(24(21)28)19-9-10-19/h4-8,13-14,19H,9-12H2,1-3H3,(H,29,31). The molecule has 1 fully saturated rings. The molecule has 0 bridgehead atoms. The van der Waals surface area contributed by atoms with E-state index in [1.54, 1.807) is 25.1 Å². The van der Waals surface area contributed by atoms with Gasteiger partial charge in [0, 0.05) is 12.1 Å². The van der Waals surface area contributed by atoms with Crippen molar-refractivity contribution >= 4 is 17.5 Å². The molecule has 0 radical (unpaired) electrons. The van der Waals surface area contributed by atoms with Crippen LogP contribution in [0.25, 0.3) is 0 Å². The summed E-state index contributed by atoms with van der Waals surface area (Å²) in [6.07, 6.45) is 4.04. The first-order valence-corrected chi connectivity index (χ1v) is 11.2. The summed E-state index contributed by atoms with van der Waals surface area (Å²) in [4.78, 5) is 17.2. The summed E-state index contributed by atoms with van der Waals surface area (Å²) in [5, 5.41) is 3.15. The second-order valence-corrected chi connectivity index (χ2v) is 8.74. The number of pyridine rings is 1. The van der Waals surface area contributed by atoms with Crippen LogP contribution in [0, 0.1) is 26.6 Å². The zero-order valence-electron chi connectivity index (χ0n) is 18.5. The molecule has 0 saturated heterocycles. The molecule has 0 aliphatic heterocycles. The summed E-state index contributed by atoms with van der Waals surface area (Å²) >= 11 is 6.18. The van der Waals surface area contributed by atoms with Crippen LogP contribution in [0.5, 0.6) is 11.5 Å². The van der Waals surface area contributed by atoms with Crippen molar-refractivity contribution in [2.45, 2.75) is 46.0 Å². The number of amides is 1. The lowest BCUT2D eigenvalue weighted by Gasteiger charge is -2.16. The lowest BCUT2D eigenvalue weighted by molar-refractivity contribution is 0.0951. The van der Waals surface area contributed by atoms with Crippen LogP contribution in [-0.4, -0.2) is 17.4 Å². The van der Waals surface area contributed by atoms with Gasteiger partial charge in [0.25, 0.3) is 5.91 Å². The summed E-state index contributed by atoms with van der Waals surface area (Å²) in [6.45, 7) is 6.28.